The standard InChI is InChI=1S/C12H20N4O2/c13-8-12(5-2-1-3-6-12)11(17)14-7-4-10-15-9-18-16-10/h9H,1-8,13H2,(H,14,17). The van der Waals surface area contributed by atoms with Crippen LogP contribution in [0, 0.1) is 5.41 Å². The summed E-state index contributed by atoms with van der Waals surface area (Å²) in [5, 5.41) is 6.64. The van der Waals surface area contributed by atoms with Crippen LogP contribution in [-0.4, -0.2) is 29.1 Å². The fraction of sp³-hybridized carbons (Fsp3) is 0.750. The molecular weight excluding hydrogens is 232 g/mol. The van der Waals surface area contributed by atoms with E-state index in [1.54, 1.807) is 0 Å². The van der Waals surface area contributed by atoms with Gasteiger partial charge in [0.25, 0.3) is 0 Å². The second kappa shape index (κ2) is 5.95. The molecule has 0 saturated heterocycles. The molecular formula is C12H20N4O2. The van der Waals surface area contributed by atoms with E-state index in [2.05, 4.69) is 20.0 Å². The highest BCUT2D eigenvalue weighted by Gasteiger charge is 2.37. The first-order valence-electron chi connectivity index (χ1n) is 6.50. The van der Waals surface area contributed by atoms with E-state index < -0.39 is 0 Å². The summed E-state index contributed by atoms with van der Waals surface area (Å²) in [5.41, 5.74) is 5.45. The number of amides is 1. The van der Waals surface area contributed by atoms with E-state index in [0.717, 1.165) is 25.7 Å². The third-order valence-corrected chi connectivity index (χ3v) is 3.72. The molecule has 0 aliphatic heterocycles. The van der Waals surface area contributed by atoms with Crippen molar-refractivity contribution in [3.05, 3.63) is 12.2 Å². The van der Waals surface area contributed by atoms with Gasteiger partial charge in [-0.3, -0.25) is 4.79 Å². The minimum atomic E-state index is -0.352. The van der Waals surface area contributed by atoms with Crippen LogP contribution in [0.2, 0.25) is 0 Å². The lowest BCUT2D eigenvalue weighted by Gasteiger charge is -2.34. The Morgan fingerprint density at radius 2 is 2.22 bits per heavy atom. The van der Waals surface area contributed by atoms with Crippen molar-refractivity contribution in [2.45, 2.75) is 38.5 Å². The van der Waals surface area contributed by atoms with Gasteiger partial charge in [0.15, 0.2) is 5.82 Å². The summed E-state index contributed by atoms with van der Waals surface area (Å²) >= 11 is 0. The van der Waals surface area contributed by atoms with Gasteiger partial charge in [-0.15, -0.1) is 0 Å². The van der Waals surface area contributed by atoms with Gasteiger partial charge in [-0.1, -0.05) is 24.4 Å². The molecule has 6 nitrogen and oxygen atoms in total. The van der Waals surface area contributed by atoms with Crippen LogP contribution in [0.4, 0.5) is 0 Å². The third-order valence-electron chi connectivity index (χ3n) is 3.72. The van der Waals surface area contributed by atoms with Gasteiger partial charge in [-0.25, -0.2) is 0 Å². The fourth-order valence-corrected chi connectivity index (χ4v) is 2.53. The van der Waals surface area contributed by atoms with Crippen molar-refractivity contribution in [2.24, 2.45) is 11.1 Å². The summed E-state index contributed by atoms with van der Waals surface area (Å²) < 4.78 is 4.64. The summed E-state index contributed by atoms with van der Waals surface area (Å²) in [6, 6.07) is 0. The molecule has 1 aromatic heterocycles. The Hall–Kier alpha value is -1.43. The highest BCUT2D eigenvalue weighted by Crippen LogP contribution is 2.35. The van der Waals surface area contributed by atoms with Crippen LogP contribution in [0.15, 0.2) is 10.9 Å². The smallest absolute Gasteiger partial charge is 0.227 e. The van der Waals surface area contributed by atoms with Gasteiger partial charge in [0, 0.05) is 19.5 Å². The molecule has 0 bridgehead atoms. The van der Waals surface area contributed by atoms with Gasteiger partial charge in [-0.2, -0.15) is 4.98 Å². The Kier molecular flexibility index (Phi) is 4.30. The first-order chi connectivity index (χ1) is 8.77. The molecule has 1 amide bonds. The van der Waals surface area contributed by atoms with Crippen LogP contribution in [0.1, 0.15) is 37.9 Å². The van der Waals surface area contributed by atoms with Crippen LogP contribution in [0.3, 0.4) is 0 Å². The minimum absolute atomic E-state index is 0.0770. The first-order valence-corrected chi connectivity index (χ1v) is 6.50. The zero-order valence-corrected chi connectivity index (χ0v) is 10.5. The zero-order chi connectivity index (χ0) is 12.8. The molecule has 0 spiro atoms. The van der Waals surface area contributed by atoms with Crippen molar-refractivity contribution in [1.82, 2.24) is 15.5 Å². The number of carbonyl (C=O) groups excluding carboxylic acids is 1. The van der Waals surface area contributed by atoms with Crippen molar-refractivity contribution >= 4 is 5.91 Å². The van der Waals surface area contributed by atoms with Crippen LogP contribution in [0.5, 0.6) is 0 Å². The van der Waals surface area contributed by atoms with Crippen molar-refractivity contribution < 1.29 is 9.32 Å². The lowest BCUT2D eigenvalue weighted by Crippen LogP contribution is -2.47. The van der Waals surface area contributed by atoms with Crippen molar-refractivity contribution in [2.75, 3.05) is 13.1 Å². The molecule has 6 heteroatoms. The topological polar surface area (TPSA) is 94.0 Å². The third kappa shape index (κ3) is 2.87. The monoisotopic (exact) mass is 252 g/mol. The Labute approximate surface area is 106 Å². The maximum absolute atomic E-state index is 12.2. The van der Waals surface area contributed by atoms with E-state index in [1.165, 1.54) is 12.8 Å². The number of nitrogens with two attached hydrogens (primary N) is 1. The largest absolute Gasteiger partial charge is 0.355 e. The van der Waals surface area contributed by atoms with Gasteiger partial charge in [0.05, 0.1) is 5.41 Å². The average Bonchev–Trinajstić information content (AvgIpc) is 2.92. The van der Waals surface area contributed by atoms with Crippen molar-refractivity contribution in [3.8, 4) is 0 Å². The molecule has 1 saturated carbocycles. The fourth-order valence-electron chi connectivity index (χ4n) is 2.53. The van der Waals surface area contributed by atoms with Gasteiger partial charge in [0.1, 0.15) is 0 Å². The number of carbonyl (C=O) groups is 1. The summed E-state index contributed by atoms with van der Waals surface area (Å²) in [5.74, 6) is 0.689. The van der Waals surface area contributed by atoms with E-state index in [-0.39, 0.29) is 11.3 Å². The second-order valence-corrected chi connectivity index (χ2v) is 4.90. The molecule has 0 radical (unpaired) electrons. The second-order valence-electron chi connectivity index (χ2n) is 4.90. The zero-order valence-electron chi connectivity index (χ0n) is 10.5. The molecule has 3 N–H and O–H groups in total. The summed E-state index contributed by atoms with van der Waals surface area (Å²) in [7, 11) is 0. The van der Waals surface area contributed by atoms with Crippen molar-refractivity contribution in [1.29, 1.82) is 0 Å². The highest BCUT2D eigenvalue weighted by molar-refractivity contribution is 5.83. The molecule has 0 unspecified atom stereocenters. The van der Waals surface area contributed by atoms with E-state index in [0.29, 0.717) is 25.3 Å². The number of aromatic nitrogens is 2. The molecule has 1 heterocycles. The Morgan fingerprint density at radius 1 is 1.44 bits per heavy atom. The summed E-state index contributed by atoms with van der Waals surface area (Å²) in [4.78, 5) is 16.1. The van der Waals surface area contributed by atoms with Gasteiger partial charge >= 0.3 is 0 Å². The van der Waals surface area contributed by atoms with Gasteiger partial charge in [0.2, 0.25) is 12.3 Å². The molecule has 0 aromatic carbocycles. The molecule has 1 fully saturated rings. The number of hydrogen-bond acceptors (Lipinski definition) is 5. The molecule has 1 aliphatic carbocycles. The lowest BCUT2D eigenvalue weighted by molar-refractivity contribution is -0.132. The van der Waals surface area contributed by atoms with Crippen LogP contribution in [0.25, 0.3) is 0 Å². The van der Waals surface area contributed by atoms with Gasteiger partial charge < -0.3 is 15.6 Å². The molecule has 0 atom stereocenters. The van der Waals surface area contributed by atoms with E-state index >= 15 is 0 Å². The molecule has 1 aromatic rings. The maximum Gasteiger partial charge on any atom is 0.227 e. The predicted octanol–water partition coefficient (Wildman–Crippen LogP) is 0.637. The molecule has 100 valence electrons. The Balaban J connectivity index is 1.82. The maximum atomic E-state index is 12.2. The quantitative estimate of drug-likeness (QED) is 0.802. The SMILES string of the molecule is NCC1(C(=O)NCCc2ncon2)CCCCC1. The Morgan fingerprint density at radius 3 is 2.83 bits per heavy atom. The predicted molar refractivity (Wildman–Crippen MR) is 65.6 cm³/mol. The highest BCUT2D eigenvalue weighted by atomic mass is 16.5. The van der Waals surface area contributed by atoms with Crippen LogP contribution >= 0.6 is 0 Å². The molecule has 2 rings (SSSR count). The Bertz CT molecular complexity index is 371. The van der Waals surface area contributed by atoms with Crippen LogP contribution < -0.4 is 11.1 Å². The summed E-state index contributed by atoms with van der Waals surface area (Å²) in [6.07, 6.45) is 7.07. The number of rotatable bonds is 5. The number of nitrogens with one attached hydrogen (secondary N) is 1. The summed E-state index contributed by atoms with van der Waals surface area (Å²) in [6.45, 7) is 0.959. The van der Waals surface area contributed by atoms with Gasteiger partial charge in [-0.05, 0) is 12.8 Å². The van der Waals surface area contributed by atoms with E-state index in [1.807, 2.05) is 0 Å². The minimum Gasteiger partial charge on any atom is -0.355 e. The lowest BCUT2D eigenvalue weighted by atomic mass is 9.73. The normalized spacial score (nSPS) is 18.5. The van der Waals surface area contributed by atoms with E-state index in [9.17, 15) is 4.79 Å². The van der Waals surface area contributed by atoms with E-state index in [4.69, 9.17) is 5.73 Å². The number of nitrogens with zero attached hydrogens (tertiary/aromatic N) is 2. The number of hydrogen-bond donors (Lipinski definition) is 2. The van der Waals surface area contributed by atoms with Crippen molar-refractivity contribution in [3.63, 3.8) is 0 Å². The molecule has 1 aliphatic rings. The average molecular weight is 252 g/mol. The molecule has 18 heavy (non-hydrogen) atoms. The first kappa shape index (κ1) is 13.0. The van der Waals surface area contributed by atoms with Crippen LogP contribution in [-0.2, 0) is 11.2 Å².